The molecule has 0 bridgehead atoms. The van der Waals surface area contributed by atoms with E-state index in [1.807, 2.05) is 0 Å². The van der Waals surface area contributed by atoms with E-state index in [4.69, 9.17) is 4.43 Å². The summed E-state index contributed by atoms with van der Waals surface area (Å²) in [6.45, 7) is 15.2. The Labute approximate surface area is 109 Å². The third-order valence-electron chi connectivity index (χ3n) is 3.17. The zero-order chi connectivity index (χ0) is 12.7. The minimum atomic E-state index is -1.31. The predicted octanol–water partition coefficient (Wildman–Crippen LogP) is 4.97. The van der Waals surface area contributed by atoms with Crippen LogP contribution in [0.3, 0.4) is 0 Å². The van der Waals surface area contributed by atoms with Gasteiger partial charge in [0.25, 0.3) is 0 Å². The summed E-state index contributed by atoms with van der Waals surface area (Å²) in [7, 11) is -2.22. The Balaban J connectivity index is 3.71. The van der Waals surface area contributed by atoms with Crippen molar-refractivity contribution in [1.29, 1.82) is 0 Å². The predicted molar refractivity (Wildman–Crippen MR) is 83.6 cm³/mol. The fourth-order valence-corrected chi connectivity index (χ4v) is 7.62. The van der Waals surface area contributed by atoms with Crippen LogP contribution >= 0.6 is 11.2 Å². The van der Waals surface area contributed by atoms with Crippen molar-refractivity contribution in [3.8, 4) is 0 Å². The van der Waals surface area contributed by atoms with E-state index in [1.54, 1.807) is 0 Å². The highest BCUT2D eigenvalue weighted by atomic mass is 32.4. The van der Waals surface area contributed by atoms with Gasteiger partial charge in [0.2, 0.25) is 0 Å². The van der Waals surface area contributed by atoms with Crippen molar-refractivity contribution in [2.24, 2.45) is 0 Å². The summed E-state index contributed by atoms with van der Waals surface area (Å²) in [6, 6.07) is 3.84. The topological polar surface area (TPSA) is 9.23 Å². The van der Waals surface area contributed by atoms with Crippen LogP contribution in [0.1, 0.15) is 27.2 Å². The summed E-state index contributed by atoms with van der Waals surface area (Å²) < 4.78 is 6.23. The summed E-state index contributed by atoms with van der Waals surface area (Å²) in [4.78, 5) is 0. The van der Waals surface area contributed by atoms with Gasteiger partial charge in [-0.2, -0.15) is 11.2 Å². The van der Waals surface area contributed by atoms with Crippen molar-refractivity contribution in [1.82, 2.24) is 0 Å². The van der Waals surface area contributed by atoms with Gasteiger partial charge in [-0.3, -0.25) is 0 Å². The molecular formula is C12H30OSSi2. The first-order chi connectivity index (χ1) is 7.39. The van der Waals surface area contributed by atoms with E-state index in [1.165, 1.54) is 30.3 Å². The van der Waals surface area contributed by atoms with Gasteiger partial charge in [-0.15, -0.1) is 0 Å². The first kappa shape index (κ1) is 16.7. The van der Waals surface area contributed by atoms with E-state index < -0.39 is 15.5 Å². The van der Waals surface area contributed by atoms with Crippen LogP contribution in [0.15, 0.2) is 0 Å². The second-order valence-electron chi connectivity index (χ2n) is 5.41. The van der Waals surface area contributed by atoms with Gasteiger partial charge in [0.15, 0.2) is 8.32 Å². The molecule has 0 aliphatic heterocycles. The third-order valence-corrected chi connectivity index (χ3v) is 12.4. The minimum Gasteiger partial charge on any atom is -0.417 e. The number of hydrogen-bond acceptors (Lipinski definition) is 2. The molecule has 0 aromatic rings. The van der Waals surface area contributed by atoms with E-state index in [9.17, 15) is 0 Å². The van der Waals surface area contributed by atoms with Crippen molar-refractivity contribution in [3.05, 3.63) is 0 Å². The zero-order valence-corrected chi connectivity index (χ0v) is 14.9. The molecule has 0 unspecified atom stereocenters. The van der Waals surface area contributed by atoms with E-state index in [0.29, 0.717) is 0 Å². The maximum absolute atomic E-state index is 6.23. The average Bonchev–Trinajstić information content (AvgIpc) is 2.23. The highest BCUT2D eigenvalue weighted by Crippen LogP contribution is 2.23. The van der Waals surface area contributed by atoms with Crippen LogP contribution in [0.5, 0.6) is 0 Å². The molecule has 0 saturated heterocycles. The SMILES string of the molecule is CC[Si](CC)(CC)OCCCS[Si](C)(C)C. The smallest absolute Gasteiger partial charge is 0.191 e. The van der Waals surface area contributed by atoms with Gasteiger partial charge in [-0.05, 0) is 30.3 Å². The van der Waals surface area contributed by atoms with E-state index >= 15 is 0 Å². The quantitative estimate of drug-likeness (QED) is 0.435. The molecule has 0 saturated carbocycles. The summed E-state index contributed by atoms with van der Waals surface area (Å²) in [5.41, 5.74) is 0. The lowest BCUT2D eigenvalue weighted by atomic mass is 10.5. The van der Waals surface area contributed by atoms with Crippen molar-refractivity contribution in [3.63, 3.8) is 0 Å². The lowest BCUT2D eigenvalue weighted by molar-refractivity contribution is 0.300. The number of hydrogen-bond donors (Lipinski definition) is 0. The Bertz CT molecular complexity index is 168. The summed E-state index contributed by atoms with van der Waals surface area (Å²) in [5.74, 6) is 1.29. The molecule has 0 N–H and O–H groups in total. The highest BCUT2D eigenvalue weighted by molar-refractivity contribution is 8.28. The molecule has 0 aromatic heterocycles. The summed E-state index contributed by atoms with van der Waals surface area (Å²) >= 11 is 2.18. The molecule has 0 heterocycles. The highest BCUT2D eigenvalue weighted by Gasteiger charge is 2.28. The van der Waals surface area contributed by atoms with Gasteiger partial charge in [-0.1, -0.05) is 40.4 Å². The monoisotopic (exact) mass is 278 g/mol. The van der Waals surface area contributed by atoms with Gasteiger partial charge in [0.1, 0.15) is 7.22 Å². The van der Waals surface area contributed by atoms with Crippen LogP contribution in [0, 0.1) is 0 Å². The lowest BCUT2D eigenvalue weighted by Crippen LogP contribution is -2.36. The van der Waals surface area contributed by atoms with Gasteiger partial charge in [0, 0.05) is 6.61 Å². The summed E-state index contributed by atoms with van der Waals surface area (Å²) in [6.07, 6.45) is 1.24. The Hall–Kier alpha value is 0.744. The minimum absolute atomic E-state index is 0.906. The molecule has 1 nitrogen and oxygen atoms in total. The van der Waals surface area contributed by atoms with E-state index in [2.05, 4.69) is 51.6 Å². The molecule has 0 aliphatic carbocycles. The van der Waals surface area contributed by atoms with Gasteiger partial charge >= 0.3 is 0 Å². The van der Waals surface area contributed by atoms with Crippen molar-refractivity contribution < 1.29 is 4.43 Å². The largest absolute Gasteiger partial charge is 0.417 e. The molecule has 0 radical (unpaired) electrons. The molecule has 98 valence electrons. The fraction of sp³-hybridized carbons (Fsp3) is 1.00. The van der Waals surface area contributed by atoms with Gasteiger partial charge < -0.3 is 4.43 Å². The first-order valence-corrected chi connectivity index (χ1v) is 14.4. The van der Waals surface area contributed by atoms with Gasteiger partial charge in [0.05, 0.1) is 0 Å². The number of rotatable bonds is 9. The van der Waals surface area contributed by atoms with Crippen molar-refractivity contribution >= 4 is 26.8 Å². The third kappa shape index (κ3) is 7.14. The molecule has 4 heteroatoms. The zero-order valence-electron chi connectivity index (χ0n) is 12.1. The van der Waals surface area contributed by atoms with Crippen LogP contribution in [-0.2, 0) is 4.43 Å². The molecule has 0 fully saturated rings. The Morgan fingerprint density at radius 3 is 1.81 bits per heavy atom. The van der Waals surface area contributed by atoms with Gasteiger partial charge in [-0.25, -0.2) is 0 Å². The molecule has 0 aromatic carbocycles. The van der Waals surface area contributed by atoms with Crippen LogP contribution in [0.25, 0.3) is 0 Å². The van der Waals surface area contributed by atoms with E-state index in [-0.39, 0.29) is 0 Å². The second kappa shape index (κ2) is 7.95. The van der Waals surface area contributed by atoms with Crippen LogP contribution in [-0.4, -0.2) is 27.9 Å². The molecular weight excluding hydrogens is 248 g/mol. The first-order valence-electron chi connectivity index (χ1n) is 6.67. The van der Waals surface area contributed by atoms with E-state index in [0.717, 1.165) is 6.61 Å². The normalized spacial score (nSPS) is 13.1. The summed E-state index contributed by atoms with van der Waals surface area (Å²) in [5, 5.41) is 0. The Morgan fingerprint density at radius 1 is 0.938 bits per heavy atom. The molecule has 16 heavy (non-hydrogen) atoms. The van der Waals surface area contributed by atoms with Crippen LogP contribution in [0.2, 0.25) is 37.8 Å². The van der Waals surface area contributed by atoms with Crippen molar-refractivity contribution in [2.75, 3.05) is 12.4 Å². The standard InChI is InChI=1S/C12H30OSSi2/c1-7-16(8-2,9-3)13-11-10-12-14-15(4,5)6/h7-12H2,1-6H3. The van der Waals surface area contributed by atoms with Crippen molar-refractivity contribution in [2.45, 2.75) is 65.0 Å². The van der Waals surface area contributed by atoms with Crippen LogP contribution < -0.4 is 0 Å². The average molecular weight is 279 g/mol. The van der Waals surface area contributed by atoms with Crippen LogP contribution in [0.4, 0.5) is 0 Å². The molecule has 0 rings (SSSR count). The Kier molecular flexibility index (Phi) is 8.32. The second-order valence-corrected chi connectivity index (χ2v) is 19.6. The molecule has 0 aliphatic rings. The Morgan fingerprint density at radius 2 is 1.44 bits per heavy atom. The molecule has 0 atom stereocenters. The fourth-order valence-electron chi connectivity index (χ4n) is 1.78. The molecule has 0 amide bonds. The lowest BCUT2D eigenvalue weighted by Gasteiger charge is -2.28. The molecule has 0 spiro atoms. The maximum atomic E-state index is 6.23. The maximum Gasteiger partial charge on any atom is 0.191 e.